The average Bonchev–Trinajstić information content (AvgIpc) is 2.84. The van der Waals surface area contributed by atoms with Crippen molar-refractivity contribution < 1.29 is 14.3 Å². The smallest absolute Gasteiger partial charge is 0.302 e. The summed E-state index contributed by atoms with van der Waals surface area (Å²) in [6, 6.07) is 0. The van der Waals surface area contributed by atoms with Crippen molar-refractivity contribution in [3.8, 4) is 0 Å². The molecule has 0 aromatic rings. The van der Waals surface area contributed by atoms with E-state index in [0.717, 1.165) is 32.1 Å². The second-order valence-corrected chi connectivity index (χ2v) is 9.58. The van der Waals surface area contributed by atoms with Crippen LogP contribution in [0.1, 0.15) is 78.6 Å². The maximum atomic E-state index is 13.1. The predicted molar refractivity (Wildman–Crippen MR) is 92.3 cm³/mol. The van der Waals surface area contributed by atoms with Gasteiger partial charge in [0.25, 0.3) is 0 Å². The van der Waals surface area contributed by atoms with Gasteiger partial charge in [0.2, 0.25) is 0 Å². The van der Waals surface area contributed by atoms with E-state index in [1.54, 1.807) is 0 Å². The SMILES string of the molecule is CC(=O)O[C@@H]1CC[C@@H]2[C@@H]3C(=O)C[C@H]4CCCC[C@]4(C)[C@@H]3CC[C@]21C. The topological polar surface area (TPSA) is 43.4 Å². The van der Waals surface area contributed by atoms with Crippen LogP contribution in [0.4, 0.5) is 0 Å². The first-order valence-corrected chi connectivity index (χ1v) is 10.1. The number of carbonyl (C=O) groups excluding carboxylic acids is 2. The molecule has 0 aromatic heterocycles. The number of ether oxygens (including phenoxy) is 1. The van der Waals surface area contributed by atoms with Crippen molar-refractivity contribution in [2.75, 3.05) is 0 Å². The molecule has 4 aliphatic carbocycles. The zero-order chi connectivity index (χ0) is 17.1. The van der Waals surface area contributed by atoms with Crippen LogP contribution >= 0.6 is 0 Å². The Morgan fingerprint density at radius 2 is 1.75 bits per heavy atom. The molecule has 0 saturated heterocycles. The first-order valence-electron chi connectivity index (χ1n) is 10.1. The molecular weight excluding hydrogens is 300 g/mol. The molecule has 0 amide bonds. The second kappa shape index (κ2) is 5.57. The van der Waals surface area contributed by atoms with Crippen LogP contribution < -0.4 is 0 Å². The summed E-state index contributed by atoms with van der Waals surface area (Å²) in [6.07, 6.45) is 10.3. The Hall–Kier alpha value is -0.860. The van der Waals surface area contributed by atoms with Crippen LogP contribution in [-0.4, -0.2) is 17.9 Å². The van der Waals surface area contributed by atoms with Gasteiger partial charge < -0.3 is 4.74 Å². The highest BCUT2D eigenvalue weighted by atomic mass is 16.5. The van der Waals surface area contributed by atoms with E-state index in [1.807, 2.05) is 0 Å². The monoisotopic (exact) mass is 332 g/mol. The lowest BCUT2D eigenvalue weighted by Gasteiger charge is -2.59. The van der Waals surface area contributed by atoms with Gasteiger partial charge in [-0.15, -0.1) is 0 Å². The molecule has 0 spiro atoms. The van der Waals surface area contributed by atoms with Crippen LogP contribution in [0.3, 0.4) is 0 Å². The van der Waals surface area contributed by atoms with Gasteiger partial charge in [0.15, 0.2) is 0 Å². The number of fused-ring (bicyclic) bond motifs is 5. The molecule has 4 rings (SSSR count). The fraction of sp³-hybridized carbons (Fsp3) is 0.905. The minimum atomic E-state index is -0.168. The first-order chi connectivity index (χ1) is 11.4. The third-order valence-corrected chi connectivity index (χ3v) is 8.61. The summed E-state index contributed by atoms with van der Waals surface area (Å²) < 4.78 is 5.68. The minimum Gasteiger partial charge on any atom is -0.462 e. The van der Waals surface area contributed by atoms with Gasteiger partial charge in [-0.2, -0.15) is 0 Å². The highest BCUT2D eigenvalue weighted by Crippen LogP contribution is 2.65. The molecule has 0 bridgehead atoms. The van der Waals surface area contributed by atoms with Crippen molar-refractivity contribution in [3.63, 3.8) is 0 Å². The normalized spacial score (nSPS) is 50.6. The molecule has 0 heterocycles. The van der Waals surface area contributed by atoms with Crippen molar-refractivity contribution in [3.05, 3.63) is 0 Å². The molecular formula is C21H32O3. The van der Waals surface area contributed by atoms with Gasteiger partial charge in [0, 0.05) is 24.7 Å². The lowest BCUT2D eigenvalue weighted by molar-refractivity contribution is -0.166. The molecule has 4 saturated carbocycles. The van der Waals surface area contributed by atoms with E-state index in [-0.39, 0.29) is 23.4 Å². The molecule has 3 nitrogen and oxygen atoms in total. The van der Waals surface area contributed by atoms with Gasteiger partial charge in [-0.3, -0.25) is 9.59 Å². The van der Waals surface area contributed by atoms with Gasteiger partial charge in [-0.05, 0) is 61.7 Å². The lowest BCUT2D eigenvalue weighted by atomic mass is 9.45. The molecule has 0 N–H and O–H groups in total. The summed E-state index contributed by atoms with van der Waals surface area (Å²) in [7, 11) is 0. The number of hydrogen-bond donors (Lipinski definition) is 0. The standard InChI is InChI=1S/C21H32O3/c1-13(22)24-18-8-7-15-19-16(9-11-21(15,18)3)20(2)10-5-4-6-14(20)12-17(19)23/h14-16,18-19H,4-12H2,1-3H3/t14-,15-,16-,18-,19+,20+,21-/m1/s1. The van der Waals surface area contributed by atoms with Gasteiger partial charge in [0.05, 0.1) is 0 Å². The number of hydrogen-bond acceptors (Lipinski definition) is 3. The Kier molecular flexibility index (Phi) is 3.85. The molecule has 0 aliphatic heterocycles. The van der Waals surface area contributed by atoms with E-state index in [4.69, 9.17) is 4.74 Å². The third kappa shape index (κ3) is 2.22. The maximum absolute atomic E-state index is 13.1. The molecule has 4 fully saturated rings. The van der Waals surface area contributed by atoms with Crippen molar-refractivity contribution in [2.45, 2.75) is 84.7 Å². The molecule has 7 atom stereocenters. The van der Waals surface area contributed by atoms with Crippen LogP contribution in [0.15, 0.2) is 0 Å². The van der Waals surface area contributed by atoms with Crippen molar-refractivity contribution in [1.82, 2.24) is 0 Å². The van der Waals surface area contributed by atoms with E-state index < -0.39 is 0 Å². The van der Waals surface area contributed by atoms with E-state index >= 15 is 0 Å². The summed E-state index contributed by atoms with van der Waals surface area (Å²) in [5.74, 6) is 2.20. The number of Topliss-reactive ketones (excluding diaryl/α,β-unsaturated/α-hetero) is 1. The largest absolute Gasteiger partial charge is 0.462 e. The highest BCUT2D eigenvalue weighted by Gasteiger charge is 2.62. The Morgan fingerprint density at radius 3 is 2.50 bits per heavy atom. The lowest BCUT2D eigenvalue weighted by Crippen LogP contribution is -2.56. The number of ketones is 1. The molecule has 24 heavy (non-hydrogen) atoms. The van der Waals surface area contributed by atoms with E-state index in [0.29, 0.717) is 29.0 Å². The molecule has 0 aromatic carbocycles. The molecule has 3 heteroatoms. The van der Waals surface area contributed by atoms with Crippen molar-refractivity contribution in [2.24, 2.45) is 34.5 Å². The molecule has 134 valence electrons. The Bertz CT molecular complexity index is 555. The Labute approximate surface area is 145 Å². The Morgan fingerprint density at radius 1 is 1.00 bits per heavy atom. The predicted octanol–water partition coefficient (Wildman–Crippen LogP) is 4.53. The first kappa shape index (κ1) is 16.6. The molecule has 4 aliphatic rings. The highest BCUT2D eigenvalue weighted by molar-refractivity contribution is 5.83. The van der Waals surface area contributed by atoms with Gasteiger partial charge >= 0.3 is 5.97 Å². The number of rotatable bonds is 1. The Balaban J connectivity index is 1.64. The number of carbonyl (C=O) groups is 2. The van der Waals surface area contributed by atoms with Gasteiger partial charge in [0.1, 0.15) is 11.9 Å². The van der Waals surface area contributed by atoms with Crippen molar-refractivity contribution >= 4 is 11.8 Å². The average molecular weight is 332 g/mol. The maximum Gasteiger partial charge on any atom is 0.302 e. The zero-order valence-electron chi connectivity index (χ0n) is 15.5. The van der Waals surface area contributed by atoms with Gasteiger partial charge in [-0.1, -0.05) is 26.7 Å². The summed E-state index contributed by atoms with van der Waals surface area (Å²) in [6.45, 7) is 6.29. The van der Waals surface area contributed by atoms with Crippen LogP contribution in [0.5, 0.6) is 0 Å². The third-order valence-electron chi connectivity index (χ3n) is 8.61. The fourth-order valence-corrected chi connectivity index (χ4v) is 7.31. The van der Waals surface area contributed by atoms with Crippen LogP contribution in [0.2, 0.25) is 0 Å². The number of esters is 1. The van der Waals surface area contributed by atoms with Crippen LogP contribution in [-0.2, 0) is 14.3 Å². The summed E-state index contributed by atoms with van der Waals surface area (Å²) >= 11 is 0. The van der Waals surface area contributed by atoms with Gasteiger partial charge in [-0.25, -0.2) is 0 Å². The van der Waals surface area contributed by atoms with E-state index in [1.165, 1.54) is 32.6 Å². The zero-order valence-corrected chi connectivity index (χ0v) is 15.5. The molecule has 0 radical (unpaired) electrons. The van der Waals surface area contributed by atoms with Crippen LogP contribution in [0, 0.1) is 34.5 Å². The summed E-state index contributed by atoms with van der Waals surface area (Å²) in [5, 5.41) is 0. The summed E-state index contributed by atoms with van der Waals surface area (Å²) in [5.41, 5.74) is 0.387. The fourth-order valence-electron chi connectivity index (χ4n) is 7.31. The van der Waals surface area contributed by atoms with E-state index in [2.05, 4.69) is 13.8 Å². The summed E-state index contributed by atoms with van der Waals surface area (Å²) in [4.78, 5) is 24.6. The van der Waals surface area contributed by atoms with Crippen molar-refractivity contribution in [1.29, 1.82) is 0 Å². The quantitative estimate of drug-likeness (QED) is 0.663. The van der Waals surface area contributed by atoms with Crippen LogP contribution in [0.25, 0.3) is 0 Å². The van der Waals surface area contributed by atoms with E-state index in [9.17, 15) is 9.59 Å². The second-order valence-electron chi connectivity index (χ2n) is 9.58. The minimum absolute atomic E-state index is 0.0142. The molecule has 0 unspecified atom stereocenters.